The zero-order valence-corrected chi connectivity index (χ0v) is 17.5. The van der Waals surface area contributed by atoms with Crippen LogP contribution in [0, 0.1) is 17.8 Å². The summed E-state index contributed by atoms with van der Waals surface area (Å²) in [7, 11) is 1.87. The molecule has 0 spiro atoms. The molecular weight excluding hydrogens is 366 g/mol. The van der Waals surface area contributed by atoms with Gasteiger partial charge in [-0.05, 0) is 82.4 Å². The molecule has 5 rings (SSSR count). The Morgan fingerprint density at radius 1 is 1.10 bits per heavy atom. The van der Waals surface area contributed by atoms with Gasteiger partial charge in [0.1, 0.15) is 12.4 Å². The van der Waals surface area contributed by atoms with Gasteiger partial charge in [0, 0.05) is 12.1 Å². The van der Waals surface area contributed by atoms with Crippen molar-refractivity contribution in [2.24, 2.45) is 17.8 Å². The van der Waals surface area contributed by atoms with Gasteiger partial charge in [0.2, 0.25) is 5.91 Å². The highest BCUT2D eigenvalue weighted by Crippen LogP contribution is 2.55. The Kier molecular flexibility index (Phi) is 5.81. The molecule has 0 unspecified atom stereocenters. The number of likely N-dealkylation sites (N-methyl/N-ethyl adjacent to an activating group) is 1. The fourth-order valence-corrected chi connectivity index (χ4v) is 5.97. The summed E-state index contributed by atoms with van der Waals surface area (Å²) in [5.74, 6) is 2.81. The van der Waals surface area contributed by atoms with Crippen molar-refractivity contribution in [3.05, 3.63) is 30.3 Å². The van der Waals surface area contributed by atoms with Gasteiger partial charge in [-0.1, -0.05) is 18.2 Å². The first-order chi connectivity index (χ1) is 13.9. The fraction of sp³-hybridized carbons (Fsp3) is 0.652. The van der Waals surface area contributed by atoms with E-state index in [2.05, 4.69) is 10.6 Å². The van der Waals surface area contributed by atoms with Gasteiger partial charge in [-0.3, -0.25) is 15.0 Å². The number of hydrogen-bond donors (Lipinski definition) is 2. The van der Waals surface area contributed by atoms with Crippen molar-refractivity contribution < 1.29 is 14.3 Å². The number of benzene rings is 1. The fourth-order valence-electron chi connectivity index (χ4n) is 5.97. The molecule has 1 atom stereocenters. The average Bonchev–Trinajstić information content (AvgIpc) is 2.66. The Bertz CT molecular complexity index is 701. The van der Waals surface area contributed by atoms with Gasteiger partial charge in [-0.2, -0.15) is 0 Å². The van der Waals surface area contributed by atoms with E-state index in [1.807, 2.05) is 49.2 Å². The van der Waals surface area contributed by atoms with Gasteiger partial charge < -0.3 is 10.1 Å². The van der Waals surface area contributed by atoms with E-state index >= 15 is 0 Å². The third kappa shape index (κ3) is 4.74. The highest BCUT2D eigenvalue weighted by molar-refractivity contribution is 5.97. The van der Waals surface area contributed by atoms with Crippen molar-refractivity contribution in [3.8, 4) is 5.75 Å². The van der Waals surface area contributed by atoms with Crippen LogP contribution in [-0.2, 0) is 4.79 Å². The number of hydrogen-bond acceptors (Lipinski definition) is 4. The number of urea groups is 1. The summed E-state index contributed by atoms with van der Waals surface area (Å²) >= 11 is 0. The van der Waals surface area contributed by atoms with E-state index in [0.29, 0.717) is 13.2 Å². The van der Waals surface area contributed by atoms with Crippen LogP contribution in [0.1, 0.15) is 45.4 Å². The summed E-state index contributed by atoms with van der Waals surface area (Å²) in [4.78, 5) is 27.0. The third-order valence-electron chi connectivity index (χ3n) is 7.15. The van der Waals surface area contributed by atoms with Crippen LogP contribution in [0.15, 0.2) is 30.3 Å². The lowest BCUT2D eigenvalue weighted by molar-refractivity contribution is -0.124. The standard InChI is InChI=1S/C23H33N3O3/c1-16(26(2)8-9-29-20-6-4-3-5-7-20)21(27)24-22(28)25-23-13-17-10-18(14-23)12-19(11-17)15-23/h3-7,16-19H,8-15H2,1-2H3,(H2,24,25,27,28)/t16-,17?,18?,19?,23?/m1/s1. The predicted octanol–water partition coefficient (Wildman–Crippen LogP) is 3.18. The van der Waals surface area contributed by atoms with E-state index in [0.717, 1.165) is 42.8 Å². The van der Waals surface area contributed by atoms with E-state index < -0.39 is 6.04 Å². The molecule has 29 heavy (non-hydrogen) atoms. The molecule has 0 aromatic heterocycles. The molecule has 4 aliphatic rings. The largest absolute Gasteiger partial charge is 0.492 e. The molecule has 0 saturated heterocycles. The number of carbonyl (C=O) groups excluding carboxylic acids is 2. The number of nitrogens with zero attached hydrogens (tertiary/aromatic N) is 1. The Morgan fingerprint density at radius 2 is 1.69 bits per heavy atom. The molecular formula is C23H33N3O3. The molecule has 4 aliphatic carbocycles. The van der Waals surface area contributed by atoms with Crippen LogP contribution in [-0.4, -0.2) is 48.6 Å². The average molecular weight is 400 g/mol. The maximum Gasteiger partial charge on any atom is 0.321 e. The van der Waals surface area contributed by atoms with Crippen LogP contribution in [0.5, 0.6) is 5.75 Å². The number of imide groups is 1. The van der Waals surface area contributed by atoms with E-state index in [4.69, 9.17) is 4.74 Å². The van der Waals surface area contributed by atoms with Crippen molar-refractivity contribution in [1.29, 1.82) is 0 Å². The van der Waals surface area contributed by atoms with Crippen molar-refractivity contribution in [2.75, 3.05) is 20.2 Å². The molecule has 4 saturated carbocycles. The summed E-state index contributed by atoms with van der Waals surface area (Å²) in [5.41, 5.74) is -0.0855. The van der Waals surface area contributed by atoms with Gasteiger partial charge in [0.25, 0.3) is 0 Å². The molecule has 4 fully saturated rings. The summed E-state index contributed by atoms with van der Waals surface area (Å²) < 4.78 is 5.69. The number of para-hydroxylation sites is 1. The second kappa shape index (κ2) is 8.34. The monoisotopic (exact) mass is 399 g/mol. The summed E-state index contributed by atoms with van der Waals surface area (Å²) in [6.45, 7) is 2.90. The minimum atomic E-state index is -0.406. The number of ether oxygens (including phenoxy) is 1. The van der Waals surface area contributed by atoms with Crippen LogP contribution in [0.4, 0.5) is 4.79 Å². The first kappa shape index (κ1) is 20.2. The number of rotatable bonds is 7. The summed E-state index contributed by atoms with van der Waals surface area (Å²) in [6.07, 6.45) is 7.21. The van der Waals surface area contributed by atoms with Crippen LogP contribution in [0.25, 0.3) is 0 Å². The summed E-state index contributed by atoms with van der Waals surface area (Å²) in [6, 6.07) is 8.87. The zero-order chi connectivity index (χ0) is 20.4. The van der Waals surface area contributed by atoms with E-state index in [1.54, 1.807) is 0 Å². The van der Waals surface area contributed by atoms with Gasteiger partial charge >= 0.3 is 6.03 Å². The molecule has 2 N–H and O–H groups in total. The highest BCUT2D eigenvalue weighted by Gasteiger charge is 2.51. The lowest BCUT2D eigenvalue weighted by atomic mass is 9.53. The first-order valence-corrected chi connectivity index (χ1v) is 10.9. The quantitative estimate of drug-likeness (QED) is 0.739. The van der Waals surface area contributed by atoms with E-state index in [-0.39, 0.29) is 17.5 Å². The molecule has 6 nitrogen and oxygen atoms in total. The Morgan fingerprint density at radius 3 is 2.28 bits per heavy atom. The number of nitrogens with one attached hydrogen (secondary N) is 2. The molecule has 0 aliphatic heterocycles. The first-order valence-electron chi connectivity index (χ1n) is 10.9. The van der Waals surface area contributed by atoms with Crippen LogP contribution >= 0.6 is 0 Å². The van der Waals surface area contributed by atoms with E-state index in [1.165, 1.54) is 19.3 Å². The molecule has 6 heteroatoms. The van der Waals surface area contributed by atoms with Gasteiger partial charge in [0.05, 0.1) is 6.04 Å². The minimum Gasteiger partial charge on any atom is -0.492 e. The molecule has 1 aromatic rings. The normalized spacial score (nSPS) is 30.8. The smallest absolute Gasteiger partial charge is 0.321 e. The molecule has 0 radical (unpaired) electrons. The van der Waals surface area contributed by atoms with E-state index in [9.17, 15) is 9.59 Å². The Balaban J connectivity index is 1.22. The number of carbonyl (C=O) groups is 2. The topological polar surface area (TPSA) is 70.7 Å². The molecule has 158 valence electrons. The minimum absolute atomic E-state index is 0.0855. The number of amides is 3. The molecule has 1 aromatic carbocycles. The van der Waals surface area contributed by atoms with Gasteiger partial charge in [-0.15, -0.1) is 0 Å². The maximum atomic E-state index is 12.6. The van der Waals surface area contributed by atoms with Crippen LogP contribution in [0.3, 0.4) is 0 Å². The molecule has 3 amide bonds. The summed E-state index contributed by atoms with van der Waals surface area (Å²) in [5, 5.41) is 5.77. The second-order valence-corrected chi connectivity index (χ2v) is 9.46. The third-order valence-corrected chi connectivity index (χ3v) is 7.15. The Hall–Kier alpha value is -2.08. The van der Waals surface area contributed by atoms with Gasteiger partial charge in [-0.25, -0.2) is 4.79 Å². The van der Waals surface area contributed by atoms with Crippen LogP contribution < -0.4 is 15.4 Å². The Labute approximate surface area is 173 Å². The van der Waals surface area contributed by atoms with Crippen LogP contribution in [0.2, 0.25) is 0 Å². The molecule has 0 heterocycles. The van der Waals surface area contributed by atoms with Crippen molar-refractivity contribution in [3.63, 3.8) is 0 Å². The van der Waals surface area contributed by atoms with Crippen molar-refractivity contribution in [1.82, 2.24) is 15.5 Å². The van der Waals surface area contributed by atoms with Gasteiger partial charge in [0.15, 0.2) is 0 Å². The predicted molar refractivity (Wildman–Crippen MR) is 112 cm³/mol. The SMILES string of the molecule is C[C@H](C(=O)NC(=O)NC12CC3CC(CC(C3)C1)C2)N(C)CCOc1ccccc1. The zero-order valence-electron chi connectivity index (χ0n) is 17.5. The lowest BCUT2D eigenvalue weighted by Crippen LogP contribution is -2.62. The van der Waals surface area contributed by atoms with Crippen molar-refractivity contribution >= 4 is 11.9 Å². The highest BCUT2D eigenvalue weighted by atomic mass is 16.5. The second-order valence-electron chi connectivity index (χ2n) is 9.46. The molecule has 4 bridgehead atoms. The van der Waals surface area contributed by atoms with Crippen molar-refractivity contribution in [2.45, 2.75) is 57.0 Å². The lowest BCUT2D eigenvalue weighted by Gasteiger charge is -2.56. The maximum absolute atomic E-state index is 12.6.